The summed E-state index contributed by atoms with van der Waals surface area (Å²) in [5.41, 5.74) is 8.68. The summed E-state index contributed by atoms with van der Waals surface area (Å²) in [5, 5.41) is 6.08. The van der Waals surface area contributed by atoms with Crippen molar-refractivity contribution in [1.29, 1.82) is 0 Å². The summed E-state index contributed by atoms with van der Waals surface area (Å²) in [6.45, 7) is 1.99. The van der Waals surface area contributed by atoms with Gasteiger partial charge in [-0.05, 0) is 38.3 Å². The van der Waals surface area contributed by atoms with Crippen LogP contribution in [0.3, 0.4) is 0 Å². The first kappa shape index (κ1) is 14.2. The highest BCUT2D eigenvalue weighted by molar-refractivity contribution is 7.09. The zero-order chi connectivity index (χ0) is 14.8. The zero-order valence-electron chi connectivity index (χ0n) is 12.0. The third-order valence-corrected chi connectivity index (χ3v) is 4.66. The number of carbonyl (C=O) groups is 1. The Kier molecular flexibility index (Phi) is 4.03. The number of rotatable bonds is 3. The first-order valence-electron chi connectivity index (χ1n) is 7.21. The van der Waals surface area contributed by atoms with Gasteiger partial charge < -0.3 is 11.1 Å². The van der Waals surface area contributed by atoms with E-state index < -0.39 is 0 Å². The minimum absolute atomic E-state index is 0.0465. The number of carbonyl (C=O) groups excluding carboxylic acids is 1. The van der Waals surface area contributed by atoms with E-state index in [4.69, 9.17) is 5.73 Å². The maximum absolute atomic E-state index is 12.2. The average Bonchev–Trinajstić information content (AvgIpc) is 3.08. The van der Waals surface area contributed by atoms with Gasteiger partial charge >= 0.3 is 0 Å². The lowest BCUT2D eigenvalue weighted by molar-refractivity contribution is -0.119. The van der Waals surface area contributed by atoms with Crippen molar-refractivity contribution in [3.63, 3.8) is 0 Å². The fraction of sp³-hybridized carbons (Fsp3) is 0.375. The minimum atomic E-state index is 0.0465. The highest BCUT2D eigenvalue weighted by Gasteiger charge is 2.27. The molecule has 3 rings (SSSR count). The third kappa shape index (κ3) is 3.31. The van der Waals surface area contributed by atoms with E-state index in [-0.39, 0.29) is 17.9 Å². The molecule has 1 heterocycles. The van der Waals surface area contributed by atoms with Gasteiger partial charge in [0.15, 0.2) is 0 Å². The number of hydrogen-bond donors (Lipinski definition) is 2. The van der Waals surface area contributed by atoms with Gasteiger partial charge in [-0.25, -0.2) is 4.98 Å². The summed E-state index contributed by atoms with van der Waals surface area (Å²) in [6, 6.07) is 8.01. The van der Waals surface area contributed by atoms with Crippen LogP contribution < -0.4 is 11.1 Å². The number of nitrogens with one attached hydrogen (secondary N) is 1. The Morgan fingerprint density at radius 3 is 2.95 bits per heavy atom. The van der Waals surface area contributed by atoms with Gasteiger partial charge in [-0.15, -0.1) is 11.3 Å². The molecule has 21 heavy (non-hydrogen) atoms. The van der Waals surface area contributed by atoms with E-state index in [9.17, 15) is 4.79 Å². The molecule has 0 radical (unpaired) electrons. The van der Waals surface area contributed by atoms with Crippen molar-refractivity contribution < 1.29 is 4.79 Å². The average molecular weight is 301 g/mol. The molecule has 0 spiro atoms. The van der Waals surface area contributed by atoms with Gasteiger partial charge in [-0.2, -0.15) is 0 Å². The fourth-order valence-electron chi connectivity index (χ4n) is 2.75. The minimum Gasteiger partial charge on any atom is -0.328 e. The monoisotopic (exact) mass is 301 g/mol. The number of aromatic nitrogens is 1. The first-order chi connectivity index (χ1) is 10.1. The lowest BCUT2D eigenvalue weighted by Crippen LogP contribution is -2.23. The van der Waals surface area contributed by atoms with E-state index in [0.29, 0.717) is 0 Å². The van der Waals surface area contributed by atoms with Crippen molar-refractivity contribution in [3.8, 4) is 11.3 Å². The lowest BCUT2D eigenvalue weighted by Gasteiger charge is -2.11. The number of nitrogens with two attached hydrogens (primary N) is 1. The van der Waals surface area contributed by atoms with Crippen LogP contribution in [0.5, 0.6) is 0 Å². The van der Waals surface area contributed by atoms with Crippen LogP contribution in [0.25, 0.3) is 11.3 Å². The van der Waals surface area contributed by atoms with Gasteiger partial charge in [0.2, 0.25) is 5.91 Å². The van der Waals surface area contributed by atoms with Gasteiger partial charge in [0.1, 0.15) is 0 Å². The topological polar surface area (TPSA) is 68.0 Å². The first-order valence-corrected chi connectivity index (χ1v) is 8.09. The Labute approximate surface area is 128 Å². The Morgan fingerprint density at radius 1 is 1.43 bits per heavy atom. The molecule has 2 atom stereocenters. The molecule has 0 aliphatic heterocycles. The van der Waals surface area contributed by atoms with Crippen molar-refractivity contribution in [3.05, 3.63) is 34.7 Å². The standard InChI is InChI=1S/C16H19N3OS/c1-10-18-15(9-21-10)11-3-2-4-14(8-11)19-16(20)12-5-6-13(17)7-12/h2-4,8-9,12-13H,5-7,17H2,1H3,(H,19,20). The van der Waals surface area contributed by atoms with Crippen LogP contribution in [-0.4, -0.2) is 16.9 Å². The molecule has 1 aliphatic rings. The van der Waals surface area contributed by atoms with E-state index >= 15 is 0 Å². The van der Waals surface area contributed by atoms with Crippen LogP contribution in [0.2, 0.25) is 0 Å². The number of amides is 1. The number of hydrogen-bond acceptors (Lipinski definition) is 4. The van der Waals surface area contributed by atoms with E-state index in [1.54, 1.807) is 11.3 Å². The predicted octanol–water partition coefficient (Wildman–Crippen LogP) is 3.18. The Morgan fingerprint density at radius 2 is 2.29 bits per heavy atom. The number of aryl methyl sites for hydroxylation is 1. The summed E-state index contributed by atoms with van der Waals surface area (Å²) in [7, 11) is 0. The molecule has 1 amide bonds. The number of nitrogens with zero attached hydrogens (tertiary/aromatic N) is 1. The second-order valence-electron chi connectivity index (χ2n) is 5.59. The van der Waals surface area contributed by atoms with Crippen molar-refractivity contribution in [2.45, 2.75) is 32.2 Å². The van der Waals surface area contributed by atoms with E-state index in [0.717, 1.165) is 41.2 Å². The summed E-state index contributed by atoms with van der Waals surface area (Å²) in [5.74, 6) is 0.125. The summed E-state index contributed by atoms with van der Waals surface area (Å²) < 4.78 is 0. The molecule has 1 aromatic carbocycles. The maximum Gasteiger partial charge on any atom is 0.227 e. The number of anilines is 1. The second kappa shape index (κ2) is 5.95. The van der Waals surface area contributed by atoms with Crippen molar-refractivity contribution in [2.75, 3.05) is 5.32 Å². The molecule has 3 N–H and O–H groups in total. The van der Waals surface area contributed by atoms with Gasteiger partial charge in [-0.1, -0.05) is 12.1 Å². The van der Waals surface area contributed by atoms with Gasteiger partial charge in [0.25, 0.3) is 0 Å². The quantitative estimate of drug-likeness (QED) is 0.915. The molecule has 0 saturated heterocycles. The molecule has 110 valence electrons. The van der Waals surface area contributed by atoms with Crippen LogP contribution in [0.15, 0.2) is 29.6 Å². The molecule has 1 saturated carbocycles. The molecular formula is C16H19N3OS. The zero-order valence-corrected chi connectivity index (χ0v) is 12.8. The fourth-order valence-corrected chi connectivity index (χ4v) is 3.37. The van der Waals surface area contributed by atoms with E-state index in [1.807, 2.05) is 36.6 Å². The number of thiazole rings is 1. The van der Waals surface area contributed by atoms with Crippen molar-refractivity contribution in [1.82, 2.24) is 4.98 Å². The molecule has 1 aromatic heterocycles. The Hall–Kier alpha value is -1.72. The molecule has 2 aromatic rings. The summed E-state index contributed by atoms with van der Waals surface area (Å²) in [6.07, 6.45) is 2.62. The van der Waals surface area contributed by atoms with Crippen LogP contribution >= 0.6 is 11.3 Å². The molecular weight excluding hydrogens is 282 g/mol. The molecule has 4 nitrogen and oxygen atoms in total. The SMILES string of the molecule is Cc1nc(-c2cccc(NC(=O)C3CCC(N)C3)c2)cs1. The predicted molar refractivity (Wildman–Crippen MR) is 86.2 cm³/mol. The highest BCUT2D eigenvalue weighted by Crippen LogP contribution is 2.27. The lowest BCUT2D eigenvalue weighted by atomic mass is 10.1. The molecule has 1 aliphatic carbocycles. The Balaban J connectivity index is 1.73. The molecule has 0 bridgehead atoms. The maximum atomic E-state index is 12.2. The summed E-state index contributed by atoms with van der Waals surface area (Å²) >= 11 is 1.63. The molecule has 2 unspecified atom stereocenters. The van der Waals surface area contributed by atoms with Crippen LogP contribution in [0.1, 0.15) is 24.3 Å². The van der Waals surface area contributed by atoms with Crippen LogP contribution in [-0.2, 0) is 4.79 Å². The van der Waals surface area contributed by atoms with Crippen molar-refractivity contribution in [2.24, 2.45) is 11.7 Å². The van der Waals surface area contributed by atoms with Gasteiger partial charge in [-0.3, -0.25) is 4.79 Å². The third-order valence-electron chi connectivity index (χ3n) is 3.89. The van der Waals surface area contributed by atoms with Crippen LogP contribution in [0.4, 0.5) is 5.69 Å². The largest absolute Gasteiger partial charge is 0.328 e. The molecule has 1 fully saturated rings. The van der Waals surface area contributed by atoms with Gasteiger partial charge in [0, 0.05) is 28.6 Å². The second-order valence-corrected chi connectivity index (χ2v) is 6.65. The van der Waals surface area contributed by atoms with Gasteiger partial charge in [0.05, 0.1) is 10.7 Å². The van der Waals surface area contributed by atoms with E-state index in [2.05, 4.69) is 10.3 Å². The number of benzene rings is 1. The highest BCUT2D eigenvalue weighted by atomic mass is 32.1. The normalized spacial score (nSPS) is 21.4. The molecule has 5 heteroatoms. The van der Waals surface area contributed by atoms with E-state index in [1.165, 1.54) is 0 Å². The Bertz CT molecular complexity index is 652. The smallest absolute Gasteiger partial charge is 0.227 e. The van der Waals surface area contributed by atoms with Crippen molar-refractivity contribution >= 4 is 22.9 Å². The van der Waals surface area contributed by atoms with Crippen LogP contribution in [0, 0.1) is 12.8 Å². The summed E-state index contributed by atoms with van der Waals surface area (Å²) in [4.78, 5) is 16.7.